The van der Waals surface area contributed by atoms with Gasteiger partial charge >= 0.3 is 11.9 Å². The normalized spacial score (nSPS) is 16.0. The second-order valence-corrected chi connectivity index (χ2v) is 6.50. The molecule has 0 aliphatic carbocycles. The van der Waals surface area contributed by atoms with E-state index in [4.69, 9.17) is 9.47 Å². The number of hydrogen-bond acceptors (Lipinski definition) is 8. The van der Waals surface area contributed by atoms with E-state index in [1.165, 1.54) is 30.9 Å². The maximum atomic E-state index is 13.0. The summed E-state index contributed by atoms with van der Waals surface area (Å²) in [6.07, 6.45) is 3.43. The number of carbonyl (C=O) groups excluding carboxylic acids is 3. The van der Waals surface area contributed by atoms with E-state index < -0.39 is 23.9 Å². The van der Waals surface area contributed by atoms with E-state index in [9.17, 15) is 14.4 Å². The van der Waals surface area contributed by atoms with Crippen LogP contribution in [0.1, 0.15) is 18.4 Å². The standard InChI is InChI=1S/C19H22N2O6S/c1-25-13-7-5-12(6-8-13)11-14-17(23)21(19(20-14)28-4)15(18(24)27-3)9-10-16(22)26-2/h5-8,11,15H,9-10H2,1-4H3/b14-11-/t15-/m0/s1. The molecule has 0 saturated heterocycles. The second-order valence-electron chi connectivity index (χ2n) is 5.73. The van der Waals surface area contributed by atoms with Crippen LogP contribution >= 0.6 is 11.8 Å². The maximum absolute atomic E-state index is 13.0. The van der Waals surface area contributed by atoms with Crippen LogP contribution in [0.3, 0.4) is 0 Å². The summed E-state index contributed by atoms with van der Waals surface area (Å²) < 4.78 is 14.6. The Hall–Kier alpha value is -2.81. The number of amides is 1. The zero-order chi connectivity index (χ0) is 20.7. The van der Waals surface area contributed by atoms with Gasteiger partial charge in [0.15, 0.2) is 5.17 Å². The van der Waals surface area contributed by atoms with E-state index in [2.05, 4.69) is 9.73 Å². The Morgan fingerprint density at radius 1 is 1.18 bits per heavy atom. The van der Waals surface area contributed by atoms with Crippen molar-refractivity contribution in [1.82, 2.24) is 4.90 Å². The molecule has 0 aromatic heterocycles. The minimum absolute atomic E-state index is 0.0285. The summed E-state index contributed by atoms with van der Waals surface area (Å²) >= 11 is 1.23. The predicted octanol–water partition coefficient (Wildman–Crippen LogP) is 2.09. The number of methoxy groups -OCH3 is 3. The van der Waals surface area contributed by atoms with Gasteiger partial charge in [-0.15, -0.1) is 0 Å². The topological polar surface area (TPSA) is 94.5 Å². The summed E-state index contributed by atoms with van der Waals surface area (Å²) in [5.74, 6) is -0.828. The lowest BCUT2D eigenvalue weighted by atomic mass is 10.1. The van der Waals surface area contributed by atoms with Gasteiger partial charge < -0.3 is 14.2 Å². The Labute approximate surface area is 167 Å². The highest BCUT2D eigenvalue weighted by atomic mass is 32.2. The quantitative estimate of drug-likeness (QED) is 0.505. The lowest BCUT2D eigenvalue weighted by molar-refractivity contribution is -0.149. The number of hydrogen-bond donors (Lipinski definition) is 0. The molecule has 1 aromatic carbocycles. The van der Waals surface area contributed by atoms with Crippen LogP contribution in [0.2, 0.25) is 0 Å². The van der Waals surface area contributed by atoms with Gasteiger partial charge in [-0.05, 0) is 36.4 Å². The molecule has 1 amide bonds. The van der Waals surface area contributed by atoms with E-state index in [0.717, 1.165) is 5.56 Å². The Morgan fingerprint density at radius 3 is 2.39 bits per heavy atom. The molecule has 9 heteroatoms. The van der Waals surface area contributed by atoms with Crippen LogP contribution in [0.5, 0.6) is 5.75 Å². The van der Waals surface area contributed by atoms with Crippen LogP contribution in [-0.4, -0.2) is 61.5 Å². The van der Waals surface area contributed by atoms with Gasteiger partial charge in [0.25, 0.3) is 5.91 Å². The van der Waals surface area contributed by atoms with Crippen LogP contribution in [0.25, 0.3) is 6.08 Å². The third-order valence-electron chi connectivity index (χ3n) is 4.10. The van der Waals surface area contributed by atoms with Crippen LogP contribution in [0.15, 0.2) is 35.0 Å². The molecule has 1 aliphatic heterocycles. The van der Waals surface area contributed by atoms with E-state index in [1.54, 1.807) is 43.7 Å². The average Bonchev–Trinajstić information content (AvgIpc) is 3.03. The summed E-state index contributed by atoms with van der Waals surface area (Å²) in [5, 5.41) is 0.366. The van der Waals surface area contributed by atoms with E-state index in [0.29, 0.717) is 10.9 Å². The van der Waals surface area contributed by atoms with Crippen molar-refractivity contribution in [3.05, 3.63) is 35.5 Å². The van der Waals surface area contributed by atoms with Crippen LogP contribution in [-0.2, 0) is 23.9 Å². The van der Waals surface area contributed by atoms with Gasteiger partial charge in [0.2, 0.25) is 0 Å². The molecule has 1 aliphatic rings. The second kappa shape index (κ2) is 9.93. The number of benzene rings is 1. The fourth-order valence-corrected chi connectivity index (χ4v) is 3.23. The first kappa shape index (κ1) is 21.5. The molecule has 0 fully saturated rings. The molecule has 0 N–H and O–H groups in total. The Kier molecular flexibility index (Phi) is 7.62. The molecule has 28 heavy (non-hydrogen) atoms. The zero-order valence-electron chi connectivity index (χ0n) is 16.1. The van der Waals surface area contributed by atoms with Crippen molar-refractivity contribution in [2.24, 2.45) is 4.99 Å². The molecular formula is C19H22N2O6S. The summed E-state index contributed by atoms with van der Waals surface area (Å²) in [7, 11) is 4.07. The summed E-state index contributed by atoms with van der Waals surface area (Å²) in [6.45, 7) is 0. The number of aliphatic imine (C=N–C) groups is 1. The largest absolute Gasteiger partial charge is 0.497 e. The van der Waals surface area contributed by atoms with Crippen molar-refractivity contribution < 1.29 is 28.6 Å². The maximum Gasteiger partial charge on any atom is 0.329 e. The molecule has 0 saturated carbocycles. The van der Waals surface area contributed by atoms with Crippen molar-refractivity contribution in [1.29, 1.82) is 0 Å². The molecule has 1 heterocycles. The van der Waals surface area contributed by atoms with Crippen molar-refractivity contribution in [3.63, 3.8) is 0 Å². The van der Waals surface area contributed by atoms with Gasteiger partial charge in [0, 0.05) is 6.42 Å². The first-order chi connectivity index (χ1) is 13.4. The minimum Gasteiger partial charge on any atom is -0.497 e. The van der Waals surface area contributed by atoms with Gasteiger partial charge in [-0.25, -0.2) is 9.79 Å². The van der Waals surface area contributed by atoms with Gasteiger partial charge in [-0.3, -0.25) is 14.5 Å². The minimum atomic E-state index is -0.968. The first-order valence-corrected chi connectivity index (χ1v) is 9.64. The van der Waals surface area contributed by atoms with Crippen molar-refractivity contribution in [2.45, 2.75) is 18.9 Å². The highest BCUT2D eigenvalue weighted by Crippen LogP contribution is 2.27. The summed E-state index contributed by atoms with van der Waals surface area (Å²) in [6, 6.07) is 6.17. The Balaban J connectivity index is 2.31. The number of ether oxygens (including phenoxy) is 3. The smallest absolute Gasteiger partial charge is 0.329 e. The molecule has 1 atom stereocenters. The zero-order valence-corrected chi connectivity index (χ0v) is 16.9. The monoisotopic (exact) mass is 406 g/mol. The van der Waals surface area contributed by atoms with Gasteiger partial charge in [0.05, 0.1) is 21.3 Å². The third-order valence-corrected chi connectivity index (χ3v) is 4.75. The van der Waals surface area contributed by atoms with Crippen molar-refractivity contribution >= 4 is 40.9 Å². The average molecular weight is 406 g/mol. The molecule has 2 rings (SSSR count). The van der Waals surface area contributed by atoms with E-state index in [-0.39, 0.29) is 18.5 Å². The van der Waals surface area contributed by atoms with Crippen LogP contribution < -0.4 is 4.74 Å². The van der Waals surface area contributed by atoms with E-state index >= 15 is 0 Å². The van der Waals surface area contributed by atoms with Crippen LogP contribution in [0.4, 0.5) is 0 Å². The highest BCUT2D eigenvalue weighted by Gasteiger charge is 2.39. The van der Waals surface area contributed by atoms with Crippen molar-refractivity contribution in [3.8, 4) is 5.75 Å². The predicted molar refractivity (Wildman–Crippen MR) is 106 cm³/mol. The number of carbonyl (C=O) groups is 3. The lowest BCUT2D eigenvalue weighted by Crippen LogP contribution is -2.46. The number of nitrogens with zero attached hydrogens (tertiary/aromatic N) is 2. The number of esters is 2. The lowest BCUT2D eigenvalue weighted by Gasteiger charge is -2.25. The fraction of sp³-hybridized carbons (Fsp3) is 0.368. The number of thioether (sulfide) groups is 1. The van der Waals surface area contributed by atoms with Gasteiger partial charge in [-0.1, -0.05) is 23.9 Å². The molecule has 0 bridgehead atoms. The summed E-state index contributed by atoms with van der Waals surface area (Å²) in [4.78, 5) is 42.4. The number of rotatable bonds is 7. The molecule has 150 valence electrons. The SMILES string of the molecule is COC(=O)CC[C@@H](C(=O)OC)N1C(=O)/C(=C/c2ccc(OC)cc2)N=C1SC. The number of amidine groups is 1. The molecule has 0 radical (unpaired) electrons. The van der Waals surface area contributed by atoms with E-state index in [1.807, 2.05) is 0 Å². The Morgan fingerprint density at radius 2 is 1.86 bits per heavy atom. The van der Waals surface area contributed by atoms with Crippen molar-refractivity contribution in [2.75, 3.05) is 27.6 Å². The molecular weight excluding hydrogens is 384 g/mol. The van der Waals surface area contributed by atoms with Gasteiger partial charge in [0.1, 0.15) is 17.5 Å². The molecule has 8 nitrogen and oxygen atoms in total. The first-order valence-electron chi connectivity index (χ1n) is 8.41. The Bertz CT molecular complexity index is 803. The highest BCUT2D eigenvalue weighted by molar-refractivity contribution is 8.13. The molecule has 0 spiro atoms. The molecule has 0 unspecified atom stereocenters. The molecule has 1 aromatic rings. The van der Waals surface area contributed by atoms with Gasteiger partial charge in [-0.2, -0.15) is 0 Å². The van der Waals surface area contributed by atoms with Crippen LogP contribution in [0, 0.1) is 0 Å². The summed E-state index contributed by atoms with van der Waals surface area (Å²) in [5.41, 5.74) is 0.959. The third kappa shape index (κ3) is 4.92. The fourth-order valence-electron chi connectivity index (χ4n) is 2.63.